The third-order valence-corrected chi connectivity index (χ3v) is 4.78. The van der Waals surface area contributed by atoms with Crippen LogP contribution in [0.15, 0.2) is 16.6 Å². The number of rotatable bonds is 4. The van der Waals surface area contributed by atoms with E-state index in [0.717, 1.165) is 30.8 Å². The molecule has 114 valence electrons. The first kappa shape index (κ1) is 15.3. The second-order valence-corrected chi connectivity index (χ2v) is 6.94. The van der Waals surface area contributed by atoms with Gasteiger partial charge in [0.2, 0.25) is 0 Å². The highest BCUT2D eigenvalue weighted by atomic mass is 79.9. The molecule has 0 radical (unpaired) electrons. The van der Waals surface area contributed by atoms with Crippen LogP contribution >= 0.6 is 27.5 Å². The van der Waals surface area contributed by atoms with Crippen LogP contribution in [0.5, 0.6) is 0 Å². The average Bonchev–Trinajstić information content (AvgIpc) is 2.98. The summed E-state index contributed by atoms with van der Waals surface area (Å²) in [5, 5.41) is 0. The maximum Gasteiger partial charge on any atom is 0.139 e. The van der Waals surface area contributed by atoms with Crippen molar-refractivity contribution in [1.82, 2.24) is 9.55 Å². The van der Waals surface area contributed by atoms with Crippen LogP contribution in [0.25, 0.3) is 11.0 Å². The lowest BCUT2D eigenvalue weighted by atomic mass is 10.0. The summed E-state index contributed by atoms with van der Waals surface area (Å²) >= 11 is 9.13. The van der Waals surface area contributed by atoms with E-state index in [9.17, 15) is 4.39 Å². The highest BCUT2D eigenvalue weighted by Gasteiger charge is 2.31. The van der Waals surface area contributed by atoms with Gasteiger partial charge in [0.05, 0.1) is 27.7 Å². The van der Waals surface area contributed by atoms with Gasteiger partial charge in [-0.1, -0.05) is 0 Å². The molecule has 1 aliphatic rings. The van der Waals surface area contributed by atoms with E-state index in [1.165, 1.54) is 6.07 Å². The number of aromatic nitrogens is 2. The van der Waals surface area contributed by atoms with Crippen LogP contribution in [0.2, 0.25) is 0 Å². The van der Waals surface area contributed by atoms with E-state index in [1.807, 2.05) is 0 Å². The summed E-state index contributed by atoms with van der Waals surface area (Å²) in [4.78, 5) is 4.54. The van der Waals surface area contributed by atoms with Crippen LogP contribution in [-0.2, 0) is 17.7 Å². The van der Waals surface area contributed by atoms with Crippen LogP contribution in [0.4, 0.5) is 4.39 Å². The lowest BCUT2D eigenvalue weighted by Crippen LogP contribution is -2.30. The van der Waals surface area contributed by atoms with Crippen molar-refractivity contribution in [2.45, 2.75) is 38.3 Å². The number of hydrogen-bond donors (Lipinski definition) is 0. The fraction of sp³-hybridized carbons (Fsp3) is 0.533. The standard InChI is InChI=1S/C15H17BrClFN2O/c1-15(4-2-6-21-15)9-20-13-7-10(16)11(18)8-12(13)19-14(20)3-5-17/h7-8H,2-6,9H2,1H3. The van der Waals surface area contributed by atoms with Gasteiger partial charge >= 0.3 is 0 Å². The van der Waals surface area contributed by atoms with E-state index >= 15 is 0 Å². The largest absolute Gasteiger partial charge is 0.373 e. The smallest absolute Gasteiger partial charge is 0.139 e. The second-order valence-electron chi connectivity index (χ2n) is 5.71. The zero-order valence-electron chi connectivity index (χ0n) is 11.8. The van der Waals surface area contributed by atoms with Crippen molar-refractivity contribution in [2.75, 3.05) is 12.5 Å². The van der Waals surface area contributed by atoms with Gasteiger partial charge in [-0.05, 0) is 41.8 Å². The average molecular weight is 376 g/mol. The summed E-state index contributed by atoms with van der Waals surface area (Å²) in [6, 6.07) is 3.25. The van der Waals surface area contributed by atoms with E-state index < -0.39 is 0 Å². The van der Waals surface area contributed by atoms with Gasteiger partial charge in [-0.25, -0.2) is 9.37 Å². The monoisotopic (exact) mass is 374 g/mol. The molecule has 2 heterocycles. The minimum absolute atomic E-state index is 0.185. The van der Waals surface area contributed by atoms with Crippen LogP contribution in [0.1, 0.15) is 25.6 Å². The van der Waals surface area contributed by atoms with E-state index in [1.54, 1.807) is 6.07 Å². The Morgan fingerprint density at radius 3 is 3.00 bits per heavy atom. The van der Waals surface area contributed by atoms with Crippen LogP contribution in [0.3, 0.4) is 0 Å². The Labute approximate surface area is 136 Å². The molecule has 0 bridgehead atoms. The maximum absolute atomic E-state index is 13.7. The fourth-order valence-electron chi connectivity index (χ4n) is 2.92. The van der Waals surface area contributed by atoms with Crippen LogP contribution in [0, 0.1) is 5.82 Å². The fourth-order valence-corrected chi connectivity index (χ4v) is 3.42. The molecule has 1 saturated heterocycles. The van der Waals surface area contributed by atoms with Crippen LogP contribution in [-0.4, -0.2) is 27.6 Å². The molecule has 3 nitrogen and oxygen atoms in total. The molecule has 0 saturated carbocycles. The number of nitrogens with zero attached hydrogens (tertiary/aromatic N) is 2. The first-order chi connectivity index (χ1) is 10.0. The minimum Gasteiger partial charge on any atom is -0.373 e. The summed E-state index contributed by atoms with van der Waals surface area (Å²) in [6.45, 7) is 3.63. The molecule has 0 spiro atoms. The lowest BCUT2D eigenvalue weighted by Gasteiger charge is -2.25. The van der Waals surface area contributed by atoms with E-state index in [0.29, 0.717) is 28.8 Å². The number of ether oxygens (including phenoxy) is 1. The Morgan fingerprint density at radius 1 is 1.52 bits per heavy atom. The molecule has 1 aromatic heterocycles. The molecule has 0 aliphatic carbocycles. The predicted octanol–water partition coefficient (Wildman–Crippen LogP) is 4.29. The van der Waals surface area contributed by atoms with Crippen molar-refractivity contribution in [3.8, 4) is 0 Å². The third-order valence-electron chi connectivity index (χ3n) is 3.98. The number of alkyl halides is 1. The SMILES string of the molecule is CC1(Cn2c(CCCl)nc3cc(F)c(Br)cc32)CCCO1. The van der Waals surface area contributed by atoms with Gasteiger partial charge in [0.1, 0.15) is 11.6 Å². The third kappa shape index (κ3) is 2.96. The Balaban J connectivity index is 2.08. The summed E-state index contributed by atoms with van der Waals surface area (Å²) in [5.41, 5.74) is 1.40. The molecule has 3 rings (SSSR count). The summed E-state index contributed by atoms with van der Waals surface area (Å²) in [5.74, 6) is 1.08. The molecule has 1 atom stereocenters. The van der Waals surface area contributed by atoms with Crippen molar-refractivity contribution in [3.05, 3.63) is 28.2 Å². The molecule has 0 N–H and O–H groups in total. The number of halogens is 3. The first-order valence-electron chi connectivity index (χ1n) is 7.06. The van der Waals surface area contributed by atoms with Gasteiger partial charge < -0.3 is 9.30 Å². The van der Waals surface area contributed by atoms with Crippen molar-refractivity contribution >= 4 is 38.6 Å². The van der Waals surface area contributed by atoms with Gasteiger partial charge in [-0.3, -0.25) is 0 Å². The van der Waals surface area contributed by atoms with Gasteiger partial charge in [0, 0.05) is 25.0 Å². The zero-order valence-corrected chi connectivity index (χ0v) is 14.2. The molecular formula is C15H17BrClFN2O. The number of aryl methyl sites for hydroxylation is 1. The number of hydrogen-bond acceptors (Lipinski definition) is 2. The summed E-state index contributed by atoms with van der Waals surface area (Å²) in [7, 11) is 0. The first-order valence-corrected chi connectivity index (χ1v) is 8.39. The topological polar surface area (TPSA) is 27.1 Å². The Bertz CT molecular complexity index is 667. The van der Waals surface area contributed by atoms with Crippen molar-refractivity contribution in [1.29, 1.82) is 0 Å². The maximum atomic E-state index is 13.7. The van der Waals surface area contributed by atoms with Crippen molar-refractivity contribution in [3.63, 3.8) is 0 Å². The molecule has 1 aliphatic heterocycles. The van der Waals surface area contributed by atoms with Gasteiger partial charge in [-0.2, -0.15) is 0 Å². The van der Waals surface area contributed by atoms with Crippen LogP contribution < -0.4 is 0 Å². The highest BCUT2D eigenvalue weighted by molar-refractivity contribution is 9.10. The molecule has 21 heavy (non-hydrogen) atoms. The van der Waals surface area contributed by atoms with Crippen molar-refractivity contribution < 1.29 is 9.13 Å². The molecule has 1 fully saturated rings. The predicted molar refractivity (Wildman–Crippen MR) is 85.4 cm³/mol. The lowest BCUT2D eigenvalue weighted by molar-refractivity contribution is 0.00653. The summed E-state index contributed by atoms with van der Waals surface area (Å²) < 4.78 is 22.2. The normalized spacial score (nSPS) is 22.3. The van der Waals surface area contributed by atoms with Gasteiger partial charge in [-0.15, -0.1) is 11.6 Å². The number of benzene rings is 1. The Hall–Kier alpha value is -0.650. The molecule has 2 aromatic rings. The molecule has 1 unspecified atom stereocenters. The number of fused-ring (bicyclic) bond motifs is 1. The zero-order chi connectivity index (χ0) is 15.0. The van der Waals surface area contributed by atoms with Gasteiger partial charge in [0.15, 0.2) is 0 Å². The Morgan fingerprint density at radius 2 is 2.33 bits per heavy atom. The highest BCUT2D eigenvalue weighted by Crippen LogP contribution is 2.31. The molecular weight excluding hydrogens is 359 g/mol. The van der Waals surface area contributed by atoms with E-state index in [-0.39, 0.29) is 11.4 Å². The van der Waals surface area contributed by atoms with Crippen molar-refractivity contribution in [2.24, 2.45) is 0 Å². The second kappa shape index (κ2) is 5.86. The number of imidazole rings is 1. The molecule has 1 aromatic carbocycles. The van der Waals surface area contributed by atoms with E-state index in [2.05, 4.69) is 32.4 Å². The van der Waals surface area contributed by atoms with E-state index in [4.69, 9.17) is 16.3 Å². The summed E-state index contributed by atoms with van der Waals surface area (Å²) in [6.07, 6.45) is 2.76. The Kier molecular flexibility index (Phi) is 4.26. The quantitative estimate of drug-likeness (QED) is 0.746. The van der Waals surface area contributed by atoms with Gasteiger partial charge in [0.25, 0.3) is 0 Å². The molecule has 0 amide bonds. The molecule has 6 heteroatoms. The minimum atomic E-state index is -0.298.